The minimum atomic E-state index is -0.195. The topological polar surface area (TPSA) is 131 Å². The van der Waals surface area contributed by atoms with E-state index in [1.54, 1.807) is 13.1 Å². The van der Waals surface area contributed by atoms with Gasteiger partial charge in [0, 0.05) is 31.9 Å². The summed E-state index contributed by atoms with van der Waals surface area (Å²) in [5, 5.41) is 15.8. The molecule has 11 heteroatoms. The fraction of sp³-hybridized carbons (Fsp3) is 0.400. The molecule has 1 amide bonds. The Morgan fingerprint density at radius 3 is 2.81 bits per heavy atom. The molecular formula is C25H27ClN6O4. The van der Waals surface area contributed by atoms with Gasteiger partial charge in [-0.2, -0.15) is 5.26 Å². The van der Waals surface area contributed by atoms with Crippen LogP contribution >= 0.6 is 12.4 Å². The normalized spacial score (nSPS) is 18.8. The minimum absolute atomic E-state index is 0. The number of rotatable bonds is 6. The van der Waals surface area contributed by atoms with Gasteiger partial charge in [-0.15, -0.1) is 12.4 Å². The van der Waals surface area contributed by atoms with Crippen molar-refractivity contribution >= 4 is 35.2 Å². The lowest BCUT2D eigenvalue weighted by atomic mass is 9.86. The number of nitriles is 1. The van der Waals surface area contributed by atoms with E-state index in [9.17, 15) is 14.9 Å². The van der Waals surface area contributed by atoms with E-state index in [-0.39, 0.29) is 30.5 Å². The Morgan fingerprint density at radius 2 is 2.03 bits per heavy atom. The van der Waals surface area contributed by atoms with E-state index < -0.39 is 0 Å². The van der Waals surface area contributed by atoms with E-state index in [4.69, 9.17) is 9.47 Å². The van der Waals surface area contributed by atoms with Gasteiger partial charge in [0.1, 0.15) is 17.1 Å². The Kier molecular flexibility index (Phi) is 7.72. The Bertz CT molecular complexity index is 1380. The average Bonchev–Trinajstić information content (AvgIpc) is 2.88. The van der Waals surface area contributed by atoms with Crippen LogP contribution < -0.4 is 25.7 Å². The van der Waals surface area contributed by atoms with Gasteiger partial charge in [0.2, 0.25) is 0 Å². The molecule has 4 heterocycles. The number of nitrogens with zero attached hydrogens (tertiary/aromatic N) is 4. The smallest absolute Gasteiger partial charge is 0.263 e. The summed E-state index contributed by atoms with van der Waals surface area (Å²) in [7, 11) is 1.66. The van der Waals surface area contributed by atoms with E-state index in [1.165, 1.54) is 16.8 Å². The predicted octanol–water partition coefficient (Wildman–Crippen LogP) is 2.68. The minimum Gasteiger partial charge on any atom is -0.490 e. The molecule has 1 saturated carbocycles. The molecule has 5 rings (SSSR count). The molecule has 10 nitrogen and oxygen atoms in total. The van der Waals surface area contributed by atoms with Gasteiger partial charge in [0.15, 0.2) is 23.9 Å². The van der Waals surface area contributed by atoms with Crippen LogP contribution in [0.3, 0.4) is 0 Å². The number of anilines is 1. The van der Waals surface area contributed by atoms with Crippen molar-refractivity contribution in [2.24, 2.45) is 13.0 Å². The molecule has 0 bridgehead atoms. The molecule has 2 aliphatic rings. The van der Waals surface area contributed by atoms with Crippen LogP contribution in [0, 0.1) is 17.2 Å². The maximum absolute atomic E-state index is 12.1. The number of hydrogen-bond acceptors (Lipinski definition) is 8. The predicted molar refractivity (Wildman–Crippen MR) is 135 cm³/mol. The number of halogens is 1. The van der Waals surface area contributed by atoms with Crippen molar-refractivity contribution in [2.75, 3.05) is 18.5 Å². The fourth-order valence-electron chi connectivity index (χ4n) is 4.63. The van der Waals surface area contributed by atoms with Crippen LogP contribution in [0.4, 0.5) is 5.82 Å². The lowest BCUT2D eigenvalue weighted by Gasteiger charge is -2.29. The molecule has 3 aromatic heterocycles. The quantitative estimate of drug-likeness (QED) is 0.517. The number of aromatic nitrogens is 3. The third kappa shape index (κ3) is 5.27. The van der Waals surface area contributed by atoms with Crippen molar-refractivity contribution in [1.82, 2.24) is 19.9 Å². The summed E-state index contributed by atoms with van der Waals surface area (Å²) in [6, 6.07) is 9.35. The first-order valence-electron chi connectivity index (χ1n) is 11.7. The number of aryl methyl sites for hydroxylation is 1. The molecule has 1 aliphatic heterocycles. The van der Waals surface area contributed by atoms with Crippen LogP contribution in [0.1, 0.15) is 36.9 Å². The van der Waals surface area contributed by atoms with Gasteiger partial charge >= 0.3 is 0 Å². The van der Waals surface area contributed by atoms with Crippen LogP contribution in [0.2, 0.25) is 0 Å². The molecule has 0 saturated heterocycles. The molecule has 1 aliphatic carbocycles. The second-order valence-corrected chi connectivity index (χ2v) is 8.97. The monoisotopic (exact) mass is 510 g/mol. The Balaban J connectivity index is 0.00000304. The summed E-state index contributed by atoms with van der Waals surface area (Å²) in [4.78, 5) is 32.4. The summed E-state index contributed by atoms with van der Waals surface area (Å²) in [5.41, 5.74) is 2.17. The van der Waals surface area contributed by atoms with Crippen LogP contribution in [0.5, 0.6) is 11.5 Å². The van der Waals surface area contributed by atoms with Gasteiger partial charge < -0.3 is 24.7 Å². The molecule has 0 radical (unpaired) electrons. The van der Waals surface area contributed by atoms with Gasteiger partial charge in [0.05, 0.1) is 17.8 Å². The summed E-state index contributed by atoms with van der Waals surface area (Å²) in [5.74, 6) is 1.65. The summed E-state index contributed by atoms with van der Waals surface area (Å²) in [6.45, 7) is 1.11. The van der Waals surface area contributed by atoms with Crippen LogP contribution in [0.25, 0.3) is 11.0 Å². The number of fused-ring (bicyclic) bond motifs is 2. The van der Waals surface area contributed by atoms with Gasteiger partial charge in [-0.1, -0.05) is 0 Å². The first-order valence-corrected chi connectivity index (χ1v) is 11.7. The van der Waals surface area contributed by atoms with E-state index in [0.717, 1.165) is 31.4 Å². The highest BCUT2D eigenvalue weighted by Crippen LogP contribution is 2.30. The van der Waals surface area contributed by atoms with E-state index in [0.29, 0.717) is 59.0 Å². The van der Waals surface area contributed by atoms with Crippen molar-refractivity contribution in [2.45, 2.75) is 38.3 Å². The zero-order valence-corrected chi connectivity index (χ0v) is 20.6. The lowest BCUT2D eigenvalue weighted by molar-refractivity contribution is -0.118. The number of pyridine rings is 3. The SMILES string of the molecule is Cl.Cn1c(=O)ccc2ncc(C#N)c(OCC3CCC(NCc4ccc5c(n4)NC(=O)CO5)CC3)c21. The summed E-state index contributed by atoms with van der Waals surface area (Å²) in [6.07, 6.45) is 5.47. The number of carbonyl (C=O) groups excluding carboxylic acids is 1. The molecule has 1 fully saturated rings. The highest BCUT2D eigenvalue weighted by Gasteiger charge is 2.23. The molecule has 0 atom stereocenters. The molecular weight excluding hydrogens is 484 g/mol. The van der Waals surface area contributed by atoms with E-state index in [2.05, 4.69) is 26.7 Å². The number of nitrogens with one attached hydrogen (secondary N) is 2. The standard InChI is InChI=1S/C25H26N6O4.ClH/c1-31-22(33)9-7-19-23(31)24(16(10-26)11-28-19)35-13-15-2-4-17(5-3-15)27-12-18-6-8-20-25(29-18)30-21(32)14-34-20;/h6-9,11,15,17,27H,2-5,12-14H2,1H3,(H,29,30,32);1H. The largest absolute Gasteiger partial charge is 0.490 e. The number of carbonyl (C=O) groups is 1. The Hall–Kier alpha value is -3.68. The van der Waals surface area contributed by atoms with Crippen molar-refractivity contribution in [1.29, 1.82) is 5.26 Å². The van der Waals surface area contributed by atoms with Crippen LogP contribution in [0.15, 0.2) is 35.3 Å². The van der Waals surface area contributed by atoms with Crippen molar-refractivity contribution in [3.63, 3.8) is 0 Å². The van der Waals surface area contributed by atoms with Crippen molar-refractivity contribution in [3.05, 3.63) is 52.1 Å². The van der Waals surface area contributed by atoms with Crippen molar-refractivity contribution < 1.29 is 14.3 Å². The van der Waals surface area contributed by atoms with Crippen LogP contribution in [-0.4, -0.2) is 39.7 Å². The average molecular weight is 511 g/mol. The molecule has 0 aromatic carbocycles. The Labute approximate surface area is 214 Å². The maximum Gasteiger partial charge on any atom is 0.263 e. The summed E-state index contributed by atoms with van der Waals surface area (Å²) < 4.78 is 13.0. The highest BCUT2D eigenvalue weighted by molar-refractivity contribution is 5.94. The molecule has 188 valence electrons. The Morgan fingerprint density at radius 1 is 1.22 bits per heavy atom. The first kappa shape index (κ1) is 25.4. The third-order valence-electron chi connectivity index (χ3n) is 6.62. The lowest BCUT2D eigenvalue weighted by Crippen LogP contribution is -2.34. The third-order valence-corrected chi connectivity index (χ3v) is 6.62. The van der Waals surface area contributed by atoms with Crippen molar-refractivity contribution in [3.8, 4) is 17.6 Å². The van der Waals surface area contributed by atoms with Gasteiger partial charge in [-0.3, -0.25) is 14.6 Å². The molecule has 3 aromatic rings. The molecule has 2 N–H and O–H groups in total. The fourth-order valence-corrected chi connectivity index (χ4v) is 4.63. The van der Waals surface area contributed by atoms with Gasteiger partial charge in [0.25, 0.3) is 11.5 Å². The molecule has 36 heavy (non-hydrogen) atoms. The first-order chi connectivity index (χ1) is 17.0. The van der Waals surface area contributed by atoms with E-state index >= 15 is 0 Å². The second kappa shape index (κ2) is 10.9. The van der Waals surface area contributed by atoms with Crippen LogP contribution in [-0.2, 0) is 18.4 Å². The van der Waals surface area contributed by atoms with Gasteiger partial charge in [-0.05, 0) is 49.8 Å². The maximum atomic E-state index is 12.1. The zero-order chi connectivity index (χ0) is 24.4. The molecule has 0 spiro atoms. The summed E-state index contributed by atoms with van der Waals surface area (Å²) >= 11 is 0. The highest BCUT2D eigenvalue weighted by atomic mass is 35.5. The van der Waals surface area contributed by atoms with Gasteiger partial charge in [-0.25, -0.2) is 4.98 Å². The number of hydrogen-bond donors (Lipinski definition) is 2. The van der Waals surface area contributed by atoms with E-state index in [1.807, 2.05) is 12.1 Å². The zero-order valence-electron chi connectivity index (χ0n) is 19.8. The number of amides is 1. The molecule has 0 unspecified atom stereocenters. The second-order valence-electron chi connectivity index (χ2n) is 8.97. The number of ether oxygens (including phenoxy) is 2.